The minimum absolute atomic E-state index is 0.0310. The Morgan fingerprint density at radius 1 is 1.19 bits per heavy atom. The molecule has 1 aliphatic heterocycles. The topological polar surface area (TPSA) is 124 Å². The molecular weight excluding hydrogens is 472 g/mol. The first-order chi connectivity index (χ1) is 18.0. The number of hydrogen-bond donors (Lipinski definition) is 2. The van der Waals surface area contributed by atoms with E-state index in [2.05, 4.69) is 25.7 Å². The number of hydrogen-bond acceptors (Lipinski definition) is 9. The molecule has 1 fully saturated rings. The summed E-state index contributed by atoms with van der Waals surface area (Å²) in [6, 6.07) is 13.2. The third-order valence-corrected chi connectivity index (χ3v) is 6.38. The van der Waals surface area contributed by atoms with Crippen molar-refractivity contribution < 1.29 is 13.9 Å². The van der Waals surface area contributed by atoms with Gasteiger partial charge in [-0.25, -0.2) is 14.8 Å². The summed E-state index contributed by atoms with van der Waals surface area (Å²) in [5.41, 5.74) is 3.51. The Bertz CT molecular complexity index is 1720. The molecule has 0 bridgehead atoms. The SMILES string of the molecule is CC(=O)c1c(C2CNCCO2)c2ccc(Nc3nccc(-c4ccc5nn(C)cc5c4)n3)cc2oc1=O. The number of nitrogens with one attached hydrogen (secondary N) is 2. The number of ketones is 1. The molecule has 0 spiro atoms. The van der Waals surface area contributed by atoms with E-state index in [1.54, 1.807) is 16.9 Å². The molecule has 3 aromatic heterocycles. The molecule has 0 aliphatic carbocycles. The second-order valence-electron chi connectivity index (χ2n) is 8.98. The van der Waals surface area contributed by atoms with Gasteiger partial charge in [0.2, 0.25) is 5.95 Å². The first-order valence-corrected chi connectivity index (χ1v) is 11.9. The van der Waals surface area contributed by atoms with Crippen LogP contribution in [0.4, 0.5) is 11.6 Å². The second-order valence-corrected chi connectivity index (χ2v) is 8.98. The van der Waals surface area contributed by atoms with Crippen LogP contribution in [0.15, 0.2) is 64.1 Å². The smallest absolute Gasteiger partial charge is 0.347 e. The van der Waals surface area contributed by atoms with E-state index in [9.17, 15) is 9.59 Å². The quantitative estimate of drug-likeness (QED) is 0.276. The van der Waals surface area contributed by atoms with E-state index in [-0.39, 0.29) is 11.3 Å². The van der Waals surface area contributed by atoms with E-state index in [0.717, 1.165) is 22.2 Å². The molecule has 0 saturated carbocycles. The highest BCUT2D eigenvalue weighted by molar-refractivity contribution is 6.00. The Kier molecular flexibility index (Phi) is 5.74. The zero-order valence-electron chi connectivity index (χ0n) is 20.3. The molecule has 10 nitrogen and oxygen atoms in total. The molecule has 186 valence electrons. The predicted molar refractivity (Wildman–Crippen MR) is 139 cm³/mol. The van der Waals surface area contributed by atoms with Gasteiger partial charge in [0.05, 0.1) is 23.9 Å². The zero-order chi connectivity index (χ0) is 25.5. The molecule has 6 rings (SSSR count). The van der Waals surface area contributed by atoms with Gasteiger partial charge >= 0.3 is 5.63 Å². The molecule has 37 heavy (non-hydrogen) atoms. The van der Waals surface area contributed by atoms with Crippen LogP contribution in [0.3, 0.4) is 0 Å². The van der Waals surface area contributed by atoms with Gasteiger partial charge in [0.15, 0.2) is 5.78 Å². The minimum Gasteiger partial charge on any atom is -0.422 e. The fourth-order valence-corrected chi connectivity index (χ4v) is 4.74. The van der Waals surface area contributed by atoms with Crippen LogP contribution in [0.1, 0.15) is 28.9 Å². The highest BCUT2D eigenvalue weighted by Crippen LogP contribution is 2.32. The maximum absolute atomic E-state index is 12.8. The molecule has 1 saturated heterocycles. The van der Waals surface area contributed by atoms with E-state index < -0.39 is 11.7 Å². The van der Waals surface area contributed by atoms with Crippen LogP contribution in [-0.4, -0.2) is 45.2 Å². The van der Waals surface area contributed by atoms with Crippen molar-refractivity contribution in [2.45, 2.75) is 13.0 Å². The third-order valence-electron chi connectivity index (χ3n) is 6.38. The fourth-order valence-electron chi connectivity index (χ4n) is 4.74. The number of Topliss-reactive ketones (excluding diaryl/α,β-unsaturated/α-hetero) is 1. The van der Waals surface area contributed by atoms with E-state index in [0.29, 0.717) is 47.9 Å². The maximum Gasteiger partial charge on any atom is 0.347 e. The summed E-state index contributed by atoms with van der Waals surface area (Å²) < 4.78 is 13.2. The molecule has 1 unspecified atom stereocenters. The lowest BCUT2D eigenvalue weighted by atomic mass is 9.96. The van der Waals surface area contributed by atoms with Crippen molar-refractivity contribution in [1.82, 2.24) is 25.1 Å². The van der Waals surface area contributed by atoms with Crippen LogP contribution in [0.5, 0.6) is 0 Å². The van der Waals surface area contributed by atoms with E-state index in [1.165, 1.54) is 6.92 Å². The number of morpholine rings is 1. The van der Waals surface area contributed by atoms with Gasteiger partial charge in [-0.2, -0.15) is 5.10 Å². The monoisotopic (exact) mass is 496 g/mol. The number of benzene rings is 2. The molecule has 0 radical (unpaired) electrons. The standard InChI is InChI=1S/C27H24N6O4/c1-15(34)24-25(23-13-28-9-10-36-23)19-5-4-18(12-22(19)37-26(24)35)30-27-29-8-7-20(31-27)16-3-6-21-17(11-16)14-33(2)32-21/h3-8,11-12,14,23,28H,9-10,13H2,1-2H3,(H,29,30,31). The third kappa shape index (κ3) is 4.37. The number of aryl methyl sites for hydroxylation is 1. The molecule has 2 aromatic carbocycles. The Labute approximate surface area is 211 Å². The van der Waals surface area contributed by atoms with Gasteiger partial charge < -0.3 is 19.8 Å². The lowest BCUT2D eigenvalue weighted by Crippen LogP contribution is -2.35. The Hall–Kier alpha value is -4.41. The van der Waals surface area contributed by atoms with Crippen molar-refractivity contribution in [3.63, 3.8) is 0 Å². The van der Waals surface area contributed by atoms with Crippen LogP contribution in [0.2, 0.25) is 0 Å². The number of carbonyl (C=O) groups excluding carboxylic acids is 1. The predicted octanol–water partition coefficient (Wildman–Crippen LogP) is 3.74. The van der Waals surface area contributed by atoms with Crippen LogP contribution in [0.25, 0.3) is 33.1 Å². The first kappa shape index (κ1) is 23.0. The summed E-state index contributed by atoms with van der Waals surface area (Å²) in [6.45, 7) is 3.08. The normalized spacial score (nSPS) is 15.8. The highest BCUT2D eigenvalue weighted by atomic mass is 16.5. The first-order valence-electron chi connectivity index (χ1n) is 11.9. The van der Waals surface area contributed by atoms with Crippen molar-refractivity contribution in [3.8, 4) is 11.3 Å². The number of anilines is 2. The average molecular weight is 497 g/mol. The lowest BCUT2D eigenvalue weighted by Gasteiger charge is -2.26. The van der Waals surface area contributed by atoms with Crippen LogP contribution in [-0.2, 0) is 11.8 Å². The van der Waals surface area contributed by atoms with Crippen molar-refractivity contribution in [3.05, 3.63) is 76.4 Å². The highest BCUT2D eigenvalue weighted by Gasteiger charge is 2.27. The van der Waals surface area contributed by atoms with Gasteiger partial charge in [0.25, 0.3) is 0 Å². The summed E-state index contributed by atoms with van der Waals surface area (Å²) in [5, 5.41) is 12.5. The Morgan fingerprint density at radius 3 is 2.89 bits per heavy atom. The van der Waals surface area contributed by atoms with Crippen molar-refractivity contribution in [2.75, 3.05) is 25.0 Å². The largest absolute Gasteiger partial charge is 0.422 e. The van der Waals surface area contributed by atoms with Gasteiger partial charge in [-0.3, -0.25) is 9.48 Å². The fraction of sp³-hybridized carbons (Fsp3) is 0.222. The van der Waals surface area contributed by atoms with Crippen LogP contribution < -0.4 is 16.3 Å². The van der Waals surface area contributed by atoms with Crippen molar-refractivity contribution >= 4 is 39.3 Å². The average Bonchev–Trinajstić information content (AvgIpc) is 3.27. The Balaban J connectivity index is 1.35. The molecule has 0 amide bonds. The summed E-state index contributed by atoms with van der Waals surface area (Å²) in [4.78, 5) is 34.1. The number of ether oxygens (including phenoxy) is 1. The molecular formula is C27H24N6O4. The van der Waals surface area contributed by atoms with Crippen LogP contribution >= 0.6 is 0 Å². The number of aromatic nitrogens is 4. The summed E-state index contributed by atoms with van der Waals surface area (Å²) in [6.07, 6.45) is 3.22. The van der Waals surface area contributed by atoms with Crippen LogP contribution in [0, 0.1) is 0 Å². The van der Waals surface area contributed by atoms with Gasteiger partial charge in [-0.05, 0) is 37.3 Å². The van der Waals surface area contributed by atoms with Gasteiger partial charge in [-0.1, -0.05) is 6.07 Å². The summed E-state index contributed by atoms with van der Waals surface area (Å²) in [5.74, 6) is 0.0441. The molecule has 1 aliphatic rings. The summed E-state index contributed by atoms with van der Waals surface area (Å²) >= 11 is 0. The number of carbonyl (C=O) groups is 1. The Morgan fingerprint density at radius 2 is 2.08 bits per heavy atom. The number of fused-ring (bicyclic) bond motifs is 2. The zero-order valence-corrected chi connectivity index (χ0v) is 20.3. The van der Waals surface area contributed by atoms with Gasteiger partial charge in [0.1, 0.15) is 11.1 Å². The van der Waals surface area contributed by atoms with E-state index >= 15 is 0 Å². The van der Waals surface area contributed by atoms with Crippen molar-refractivity contribution in [1.29, 1.82) is 0 Å². The van der Waals surface area contributed by atoms with Gasteiger partial charge in [-0.15, -0.1) is 0 Å². The molecule has 1 atom stereocenters. The lowest BCUT2D eigenvalue weighted by molar-refractivity contribution is 0.0277. The molecule has 2 N–H and O–H groups in total. The minimum atomic E-state index is -0.676. The van der Waals surface area contributed by atoms with E-state index in [1.807, 2.05) is 49.6 Å². The van der Waals surface area contributed by atoms with Gasteiger partial charge in [0, 0.05) is 66.2 Å². The second kappa shape index (κ2) is 9.23. The maximum atomic E-state index is 12.8. The number of rotatable bonds is 5. The van der Waals surface area contributed by atoms with E-state index in [4.69, 9.17) is 9.15 Å². The number of nitrogens with zero attached hydrogens (tertiary/aromatic N) is 4. The molecule has 10 heteroatoms. The summed E-state index contributed by atoms with van der Waals surface area (Å²) in [7, 11) is 1.89. The molecule has 5 aromatic rings. The van der Waals surface area contributed by atoms with Crippen molar-refractivity contribution in [2.24, 2.45) is 7.05 Å². The molecule has 4 heterocycles.